The number of amides is 3. The van der Waals surface area contributed by atoms with Gasteiger partial charge in [-0.1, -0.05) is 30.3 Å². The van der Waals surface area contributed by atoms with E-state index >= 15 is 0 Å². The van der Waals surface area contributed by atoms with Gasteiger partial charge in [-0.25, -0.2) is 9.18 Å². The van der Waals surface area contributed by atoms with Gasteiger partial charge in [-0.15, -0.1) is 11.3 Å². The largest absolute Gasteiger partial charge is 0.325 e. The van der Waals surface area contributed by atoms with E-state index in [9.17, 15) is 14.0 Å². The highest BCUT2D eigenvalue weighted by molar-refractivity contribution is 7.19. The number of urea groups is 1. The van der Waals surface area contributed by atoms with E-state index in [-0.39, 0.29) is 30.2 Å². The molecule has 0 bridgehead atoms. The van der Waals surface area contributed by atoms with Gasteiger partial charge < -0.3 is 5.32 Å². The van der Waals surface area contributed by atoms with E-state index in [0.717, 1.165) is 38.0 Å². The summed E-state index contributed by atoms with van der Waals surface area (Å²) in [7, 11) is 0. The molecule has 5 nitrogen and oxygen atoms in total. The van der Waals surface area contributed by atoms with E-state index in [2.05, 4.69) is 40.5 Å². The van der Waals surface area contributed by atoms with E-state index in [0.29, 0.717) is 0 Å². The van der Waals surface area contributed by atoms with Crippen LogP contribution < -0.4 is 5.32 Å². The first-order valence-electron chi connectivity index (χ1n) is 11.0. The number of halogens is 1. The zero-order valence-corrected chi connectivity index (χ0v) is 18.8. The average Bonchev–Trinajstić information content (AvgIpc) is 3.29. The van der Waals surface area contributed by atoms with Crippen LogP contribution in [-0.4, -0.2) is 40.4 Å². The lowest BCUT2D eigenvalue weighted by Gasteiger charge is -2.38. The van der Waals surface area contributed by atoms with Gasteiger partial charge in [0.1, 0.15) is 11.4 Å². The first-order valence-corrected chi connectivity index (χ1v) is 11.8. The van der Waals surface area contributed by atoms with Crippen molar-refractivity contribution in [1.82, 2.24) is 15.1 Å². The highest BCUT2D eigenvalue weighted by Crippen LogP contribution is 2.35. The molecule has 0 saturated carbocycles. The Morgan fingerprint density at radius 2 is 1.78 bits per heavy atom. The summed E-state index contributed by atoms with van der Waals surface area (Å²) in [6.07, 6.45) is 1.72. The second-order valence-electron chi connectivity index (χ2n) is 8.95. The average molecular weight is 452 g/mol. The van der Waals surface area contributed by atoms with Crippen molar-refractivity contribution in [3.63, 3.8) is 0 Å². The number of carbonyl (C=O) groups is 2. The third-order valence-electron chi connectivity index (χ3n) is 6.82. The lowest BCUT2D eigenvalue weighted by Crippen LogP contribution is -2.53. The SMILES string of the molecule is CC1(C2CCN(Cc3cc4ccccc4s3)CC2)NC(=O)N(Cc2ccc(F)cc2)C1=O. The molecule has 2 aliphatic heterocycles. The number of rotatable bonds is 5. The molecule has 0 spiro atoms. The number of thiophene rings is 1. The Morgan fingerprint density at radius 3 is 2.50 bits per heavy atom. The summed E-state index contributed by atoms with van der Waals surface area (Å²) < 4.78 is 14.5. The molecule has 32 heavy (non-hydrogen) atoms. The minimum Gasteiger partial charge on any atom is -0.323 e. The zero-order valence-electron chi connectivity index (χ0n) is 18.0. The van der Waals surface area contributed by atoms with Gasteiger partial charge in [0.25, 0.3) is 5.91 Å². The first kappa shape index (κ1) is 21.1. The minimum absolute atomic E-state index is 0.0934. The number of hydrogen-bond donors (Lipinski definition) is 1. The van der Waals surface area contributed by atoms with Crippen molar-refractivity contribution in [3.05, 3.63) is 70.9 Å². The number of likely N-dealkylation sites (tertiary alicyclic amines) is 1. The topological polar surface area (TPSA) is 52.7 Å². The molecule has 1 aromatic heterocycles. The number of nitrogens with one attached hydrogen (secondary N) is 1. The van der Waals surface area contributed by atoms with E-state index in [4.69, 9.17) is 0 Å². The molecule has 2 fully saturated rings. The first-order chi connectivity index (χ1) is 15.4. The molecule has 1 atom stereocenters. The van der Waals surface area contributed by atoms with Crippen LogP contribution in [0.2, 0.25) is 0 Å². The number of imide groups is 1. The van der Waals surface area contributed by atoms with Crippen LogP contribution in [0.25, 0.3) is 10.1 Å². The molecule has 3 aromatic rings. The summed E-state index contributed by atoms with van der Waals surface area (Å²) in [6, 6.07) is 16.3. The van der Waals surface area contributed by atoms with E-state index in [1.54, 1.807) is 12.1 Å². The van der Waals surface area contributed by atoms with Crippen LogP contribution in [0.5, 0.6) is 0 Å². The molecule has 5 rings (SSSR count). The zero-order chi connectivity index (χ0) is 22.3. The molecule has 1 unspecified atom stereocenters. The monoisotopic (exact) mass is 451 g/mol. The third kappa shape index (κ3) is 3.91. The van der Waals surface area contributed by atoms with Crippen molar-refractivity contribution in [2.24, 2.45) is 5.92 Å². The lowest BCUT2D eigenvalue weighted by molar-refractivity contribution is -0.133. The molecule has 2 aliphatic rings. The maximum atomic E-state index is 13.2. The Labute approximate surface area is 190 Å². The highest BCUT2D eigenvalue weighted by Gasteiger charge is 2.52. The summed E-state index contributed by atoms with van der Waals surface area (Å²) in [6.45, 7) is 4.72. The van der Waals surface area contributed by atoms with Crippen molar-refractivity contribution in [1.29, 1.82) is 0 Å². The standard InChI is InChI=1S/C25H26FN3O2S/c1-25(23(30)29(24(31)27-25)15-17-6-8-20(26)9-7-17)19-10-12-28(13-11-19)16-21-14-18-4-2-3-5-22(18)32-21/h2-9,14,19H,10-13,15-16H2,1H3,(H,27,31). The van der Waals surface area contributed by atoms with E-state index in [1.165, 1.54) is 32.0 Å². The fourth-order valence-electron chi connectivity index (χ4n) is 4.91. The molecule has 3 heterocycles. The second-order valence-corrected chi connectivity index (χ2v) is 10.1. The van der Waals surface area contributed by atoms with Gasteiger partial charge in [0, 0.05) is 16.1 Å². The van der Waals surface area contributed by atoms with Gasteiger partial charge in [0.15, 0.2) is 0 Å². The van der Waals surface area contributed by atoms with Crippen molar-refractivity contribution in [2.75, 3.05) is 13.1 Å². The molecule has 0 aliphatic carbocycles. The highest BCUT2D eigenvalue weighted by atomic mass is 32.1. The summed E-state index contributed by atoms with van der Waals surface area (Å²) >= 11 is 1.84. The van der Waals surface area contributed by atoms with Crippen LogP contribution in [0.1, 0.15) is 30.2 Å². The van der Waals surface area contributed by atoms with Crippen molar-refractivity contribution in [3.8, 4) is 0 Å². The Kier molecular flexibility index (Phi) is 5.47. The van der Waals surface area contributed by atoms with Crippen LogP contribution >= 0.6 is 11.3 Å². The molecule has 2 aromatic carbocycles. The Balaban J connectivity index is 1.22. The molecule has 3 amide bonds. The number of carbonyl (C=O) groups excluding carboxylic acids is 2. The van der Waals surface area contributed by atoms with Crippen LogP contribution in [0, 0.1) is 11.7 Å². The number of fused-ring (bicyclic) bond motifs is 1. The van der Waals surface area contributed by atoms with Gasteiger partial charge in [-0.3, -0.25) is 14.6 Å². The molecular formula is C25H26FN3O2S. The lowest BCUT2D eigenvalue weighted by atomic mass is 9.79. The molecule has 1 N–H and O–H groups in total. The molecular weight excluding hydrogens is 425 g/mol. The van der Waals surface area contributed by atoms with Crippen molar-refractivity contribution >= 4 is 33.4 Å². The van der Waals surface area contributed by atoms with Gasteiger partial charge in [-0.05, 0) is 74.0 Å². The Bertz CT molecular complexity index is 1120. The maximum absolute atomic E-state index is 13.2. The van der Waals surface area contributed by atoms with Crippen molar-refractivity contribution in [2.45, 2.75) is 38.4 Å². The maximum Gasteiger partial charge on any atom is 0.325 e. The predicted molar refractivity (Wildman–Crippen MR) is 124 cm³/mol. The Morgan fingerprint density at radius 1 is 1.06 bits per heavy atom. The third-order valence-corrected chi connectivity index (χ3v) is 7.92. The predicted octanol–water partition coefficient (Wildman–Crippen LogP) is 4.76. The Hall–Kier alpha value is -2.77. The van der Waals surface area contributed by atoms with Crippen LogP contribution in [0.4, 0.5) is 9.18 Å². The fourth-order valence-corrected chi connectivity index (χ4v) is 6.02. The van der Waals surface area contributed by atoms with Gasteiger partial charge in [0.2, 0.25) is 0 Å². The number of piperidine rings is 1. The van der Waals surface area contributed by atoms with Crippen LogP contribution in [-0.2, 0) is 17.9 Å². The smallest absolute Gasteiger partial charge is 0.323 e. The molecule has 2 saturated heterocycles. The normalized spacial score (nSPS) is 22.6. The summed E-state index contributed by atoms with van der Waals surface area (Å²) in [5, 5.41) is 4.25. The van der Waals surface area contributed by atoms with Gasteiger partial charge >= 0.3 is 6.03 Å². The number of nitrogens with zero attached hydrogens (tertiary/aromatic N) is 2. The fraction of sp³-hybridized carbons (Fsp3) is 0.360. The van der Waals surface area contributed by atoms with Crippen LogP contribution in [0.3, 0.4) is 0 Å². The molecule has 7 heteroatoms. The summed E-state index contributed by atoms with van der Waals surface area (Å²) in [5.41, 5.74) is -0.154. The van der Waals surface area contributed by atoms with Gasteiger partial charge in [0.05, 0.1) is 6.54 Å². The van der Waals surface area contributed by atoms with E-state index < -0.39 is 5.54 Å². The van der Waals surface area contributed by atoms with E-state index in [1.807, 2.05) is 18.3 Å². The summed E-state index contributed by atoms with van der Waals surface area (Å²) in [5.74, 6) is -0.427. The second kappa shape index (κ2) is 8.30. The molecule has 166 valence electrons. The minimum atomic E-state index is -0.888. The van der Waals surface area contributed by atoms with Gasteiger partial charge in [-0.2, -0.15) is 0 Å². The number of hydrogen-bond acceptors (Lipinski definition) is 4. The van der Waals surface area contributed by atoms with Crippen molar-refractivity contribution < 1.29 is 14.0 Å². The number of benzene rings is 2. The summed E-state index contributed by atoms with van der Waals surface area (Å²) in [4.78, 5) is 30.9. The quantitative estimate of drug-likeness (QED) is 0.569. The molecule has 0 radical (unpaired) electrons. The van der Waals surface area contributed by atoms with Crippen LogP contribution in [0.15, 0.2) is 54.6 Å².